The first kappa shape index (κ1) is 55.5. The summed E-state index contributed by atoms with van der Waals surface area (Å²) in [5.41, 5.74) is 16.1. The van der Waals surface area contributed by atoms with E-state index in [4.69, 9.17) is 58.4 Å². The quantitative estimate of drug-likeness (QED) is 0.0844. The molecule has 384 valence electrons. The van der Waals surface area contributed by atoms with Crippen molar-refractivity contribution in [2.75, 3.05) is 27.3 Å². The van der Waals surface area contributed by atoms with Gasteiger partial charge in [-0.1, -0.05) is 25.5 Å². The summed E-state index contributed by atoms with van der Waals surface area (Å²) in [5.74, 6) is -0.839. The number of likely N-dealkylation sites (N-methyl/N-ethyl adjacent to an activating group) is 2. The number of carbonyl (C=O) groups excluding carboxylic acids is 3. The second-order valence-electron chi connectivity index (χ2n) is 20.1. The molecule has 7 rings (SSSR count). The van der Waals surface area contributed by atoms with E-state index in [9.17, 15) is 39.9 Å². The van der Waals surface area contributed by atoms with E-state index >= 15 is 0 Å². The Morgan fingerprint density at radius 1 is 0.955 bits per heavy atom. The molecule has 20 atom stereocenters. The Morgan fingerprint density at radius 2 is 1.57 bits per heavy atom. The highest BCUT2D eigenvalue weighted by molar-refractivity contribution is 7.79. The van der Waals surface area contributed by atoms with E-state index in [0.717, 1.165) is 24.8 Å². The van der Waals surface area contributed by atoms with Crippen LogP contribution in [0.15, 0.2) is 23.8 Å². The molecule has 0 bridgehead atoms. The summed E-state index contributed by atoms with van der Waals surface area (Å²) in [4.78, 5) is 36.7. The minimum absolute atomic E-state index is 0.00523. The molecular formula is C44H75N5O17S. The second-order valence-corrected chi connectivity index (χ2v) is 21.0. The SMILES string of the molecule is CC(=O)O[C@]1(C(=O)CO)CC[C@H]2[C@@H]3CCC4=CC(=O)C=C[C@]4(C)[C@H]3[C@@H](O)C[C@@]21C.CNC(C)C1CCC(N)C(OC2C(N)CC(N)C(OC3OCC(C)(O)C(NC)C3O)C2O)O1.O=S(=O)(O)O. The number of ketones is 2. The molecule has 2 saturated heterocycles. The van der Waals surface area contributed by atoms with E-state index in [1.54, 1.807) is 26.1 Å². The average molecular weight is 978 g/mol. The lowest BCUT2D eigenvalue weighted by Crippen LogP contribution is -2.68. The van der Waals surface area contributed by atoms with Gasteiger partial charge in [0.1, 0.15) is 36.6 Å². The number of hydrogen-bond donors (Lipinski definition) is 12. The van der Waals surface area contributed by atoms with Crippen LogP contribution in [0.1, 0.15) is 86.0 Å². The second kappa shape index (κ2) is 21.5. The first-order valence-corrected chi connectivity index (χ1v) is 24.4. The van der Waals surface area contributed by atoms with E-state index in [-0.39, 0.29) is 53.7 Å². The maximum absolute atomic E-state index is 12.9. The van der Waals surface area contributed by atoms with Crippen molar-refractivity contribution in [3.8, 4) is 0 Å². The van der Waals surface area contributed by atoms with Crippen molar-refractivity contribution in [3.05, 3.63) is 23.8 Å². The normalized spacial score (nSPS) is 45.4. The number of aliphatic hydroxyl groups is 5. The van der Waals surface area contributed by atoms with Crippen molar-refractivity contribution in [3.63, 3.8) is 0 Å². The molecule has 23 heteroatoms. The highest BCUT2D eigenvalue weighted by Gasteiger charge is 2.70. The van der Waals surface area contributed by atoms with E-state index < -0.39 is 107 Å². The molecule has 0 aromatic carbocycles. The zero-order chi connectivity index (χ0) is 50.2. The van der Waals surface area contributed by atoms with E-state index in [2.05, 4.69) is 17.6 Å². The number of carbonyl (C=O) groups is 3. The van der Waals surface area contributed by atoms with Crippen LogP contribution in [0, 0.1) is 28.6 Å². The number of aliphatic hydroxyl groups excluding tert-OH is 4. The van der Waals surface area contributed by atoms with Gasteiger partial charge in [0.2, 0.25) is 5.78 Å². The van der Waals surface area contributed by atoms with Crippen molar-refractivity contribution in [1.29, 1.82) is 0 Å². The molecule has 5 aliphatic carbocycles. The standard InChI is InChI=1S/C23H30O6.C21H43N5O7.H2O4S/c1-13(25)29-23(19(28)12-24)9-7-17-16-5-4-14-10-15(26)6-8-21(14,2)20(16)18(27)11-22(17,23)3;1-9(25-3)13-6-5-10(22)19(31-13)32-16-11(23)7-12(24)17(14(16)27)33-20-15(28)18(26-4)21(2,29)8-30-20;1-5(2,3)4/h6,8,10,16-18,20,24,27H,4-5,7,9,11-12H2,1-3H3;9-20,25-29H,5-8,22-24H2,1-4H3;(H2,1,2,3,4)/t16-,17-,18-,20+,21-,22-,23-;;/m0../s1. The van der Waals surface area contributed by atoms with E-state index in [0.29, 0.717) is 32.1 Å². The molecule has 0 amide bonds. The summed E-state index contributed by atoms with van der Waals surface area (Å²) in [7, 11) is -1.17. The lowest BCUT2D eigenvalue weighted by Gasteiger charge is -2.59. The molecule has 7 aliphatic rings. The lowest BCUT2D eigenvalue weighted by molar-refractivity contribution is -0.307. The van der Waals surface area contributed by atoms with Gasteiger partial charge in [-0.25, -0.2) is 0 Å². The van der Waals surface area contributed by atoms with Gasteiger partial charge in [-0.2, -0.15) is 8.42 Å². The summed E-state index contributed by atoms with van der Waals surface area (Å²) >= 11 is 0. The molecule has 67 heavy (non-hydrogen) atoms. The van der Waals surface area contributed by atoms with Gasteiger partial charge >= 0.3 is 16.4 Å². The van der Waals surface area contributed by atoms with Crippen molar-refractivity contribution in [2.45, 2.75) is 177 Å². The van der Waals surface area contributed by atoms with Crippen molar-refractivity contribution in [2.24, 2.45) is 45.8 Å². The van der Waals surface area contributed by atoms with Crippen LogP contribution >= 0.6 is 0 Å². The molecule has 0 radical (unpaired) electrons. The van der Waals surface area contributed by atoms with Gasteiger partial charge < -0.3 is 77.1 Å². The summed E-state index contributed by atoms with van der Waals surface area (Å²) < 4.78 is 61.0. The van der Waals surface area contributed by atoms with Crippen LogP contribution in [0.5, 0.6) is 0 Å². The van der Waals surface area contributed by atoms with Crippen molar-refractivity contribution >= 4 is 27.9 Å². The summed E-state index contributed by atoms with van der Waals surface area (Å²) in [6, 6.07) is -2.11. The molecule has 2 aliphatic heterocycles. The van der Waals surface area contributed by atoms with Crippen LogP contribution in [0.25, 0.3) is 0 Å². The lowest BCUT2D eigenvalue weighted by atomic mass is 9.46. The highest BCUT2D eigenvalue weighted by atomic mass is 32.3. The number of nitrogens with one attached hydrogen (secondary N) is 2. The number of allylic oxidation sites excluding steroid dienone is 4. The summed E-state index contributed by atoms with van der Waals surface area (Å²) in [6.45, 7) is 8.16. The Balaban J connectivity index is 0.000000229. The van der Waals surface area contributed by atoms with Gasteiger partial charge in [0.05, 0.1) is 30.9 Å². The number of fused-ring (bicyclic) bond motifs is 5. The number of esters is 1. The molecule has 0 aromatic heterocycles. The number of hydrogen-bond acceptors (Lipinski definition) is 20. The van der Waals surface area contributed by atoms with E-state index in [1.165, 1.54) is 6.92 Å². The zero-order valence-electron chi connectivity index (χ0n) is 39.4. The third-order valence-corrected chi connectivity index (χ3v) is 15.8. The fourth-order valence-electron chi connectivity index (χ4n) is 12.4. The third-order valence-electron chi connectivity index (χ3n) is 15.8. The van der Waals surface area contributed by atoms with Crippen molar-refractivity contribution < 1.29 is 81.1 Å². The first-order valence-electron chi connectivity index (χ1n) is 23.0. The highest BCUT2D eigenvalue weighted by Crippen LogP contribution is 2.68. The van der Waals surface area contributed by atoms with Crippen LogP contribution in [-0.2, 0) is 48.5 Å². The fraction of sp³-hybridized carbons (Fsp3) is 0.841. The Labute approximate surface area is 392 Å². The average Bonchev–Trinajstić information content (AvgIpc) is 3.52. The van der Waals surface area contributed by atoms with Gasteiger partial charge in [0.15, 0.2) is 24.0 Å². The molecule has 2 heterocycles. The molecule has 22 nitrogen and oxygen atoms in total. The van der Waals surface area contributed by atoms with Crippen LogP contribution in [0.4, 0.5) is 0 Å². The fourth-order valence-corrected chi connectivity index (χ4v) is 12.4. The minimum Gasteiger partial charge on any atom is -0.451 e. The molecule has 0 aromatic rings. The minimum atomic E-state index is -4.67. The zero-order valence-corrected chi connectivity index (χ0v) is 40.2. The smallest absolute Gasteiger partial charge is 0.394 e. The monoisotopic (exact) mass is 977 g/mol. The third kappa shape index (κ3) is 11.5. The Bertz CT molecular complexity index is 1940. The van der Waals surface area contributed by atoms with Gasteiger partial charge in [0, 0.05) is 41.8 Å². The Hall–Kier alpha value is -2.40. The molecule has 0 spiro atoms. The van der Waals surface area contributed by atoms with Gasteiger partial charge in [-0.15, -0.1) is 0 Å². The van der Waals surface area contributed by atoms with Crippen LogP contribution in [0.2, 0.25) is 0 Å². The van der Waals surface area contributed by atoms with Gasteiger partial charge in [-0.3, -0.25) is 23.5 Å². The number of nitrogens with two attached hydrogens (primary N) is 3. The van der Waals surface area contributed by atoms with Gasteiger partial charge in [-0.05, 0) is 103 Å². The van der Waals surface area contributed by atoms with Crippen LogP contribution in [-0.4, -0.2) is 179 Å². The molecular weight excluding hydrogens is 903 g/mol. The summed E-state index contributed by atoms with van der Waals surface area (Å²) in [6.07, 6.45) is 3.34. The Kier molecular flexibility index (Phi) is 17.8. The predicted octanol–water partition coefficient (Wildman–Crippen LogP) is -1.85. The largest absolute Gasteiger partial charge is 0.451 e. The van der Waals surface area contributed by atoms with Crippen LogP contribution < -0.4 is 27.8 Å². The first-order chi connectivity index (χ1) is 31.1. The Morgan fingerprint density at radius 3 is 2.13 bits per heavy atom. The molecule has 6 fully saturated rings. The van der Waals surface area contributed by atoms with Crippen LogP contribution in [0.3, 0.4) is 0 Å². The molecule has 4 saturated carbocycles. The molecule has 15 N–H and O–H groups in total. The summed E-state index contributed by atoms with van der Waals surface area (Å²) in [5, 5.41) is 59.3. The maximum atomic E-state index is 12.9. The maximum Gasteiger partial charge on any atom is 0.394 e. The predicted molar refractivity (Wildman–Crippen MR) is 239 cm³/mol. The van der Waals surface area contributed by atoms with E-state index in [1.807, 2.05) is 27.0 Å². The van der Waals surface area contributed by atoms with Gasteiger partial charge in [0.25, 0.3) is 0 Å². The topological polar surface area (TPSA) is 375 Å². The number of ether oxygens (including phenoxy) is 5. The molecule has 13 unspecified atom stereocenters. The number of Topliss-reactive ketones (excluding diaryl/α,β-unsaturated/α-hetero) is 1. The number of rotatable bonds is 10. The van der Waals surface area contributed by atoms with Crippen molar-refractivity contribution in [1.82, 2.24) is 10.6 Å².